The van der Waals surface area contributed by atoms with E-state index in [4.69, 9.17) is 0 Å². The molecule has 198 valence electrons. The van der Waals surface area contributed by atoms with Gasteiger partial charge < -0.3 is 0 Å². The molecule has 3 rings (SSSR count). The van der Waals surface area contributed by atoms with Gasteiger partial charge in [-0.2, -0.15) is 0 Å². The zero-order valence-electron chi connectivity index (χ0n) is 23.5. The maximum absolute atomic E-state index is 2.54. The van der Waals surface area contributed by atoms with E-state index in [1.54, 1.807) is 20.9 Å². The summed E-state index contributed by atoms with van der Waals surface area (Å²) in [4.78, 5) is 3.24. The summed E-state index contributed by atoms with van der Waals surface area (Å²) < 4.78 is 0. The Morgan fingerprint density at radius 2 is 0.943 bits per heavy atom. The van der Waals surface area contributed by atoms with Gasteiger partial charge in [0.1, 0.15) is 0 Å². The van der Waals surface area contributed by atoms with Crippen molar-refractivity contribution in [1.82, 2.24) is 0 Å². The second-order valence-corrected chi connectivity index (χ2v) is 13.4. The van der Waals surface area contributed by atoms with Gasteiger partial charge in [0.15, 0.2) is 0 Å². The predicted octanol–water partition coefficient (Wildman–Crippen LogP) is 12.4. The van der Waals surface area contributed by atoms with Crippen molar-refractivity contribution in [3.8, 4) is 9.75 Å². The van der Waals surface area contributed by atoms with Crippen molar-refractivity contribution in [3.63, 3.8) is 0 Å². The molecule has 1 aliphatic carbocycles. The van der Waals surface area contributed by atoms with Crippen LogP contribution in [0.4, 0.5) is 0 Å². The fraction of sp³-hybridized carbons (Fsp3) is 0.758. The Morgan fingerprint density at radius 3 is 1.34 bits per heavy atom. The molecule has 0 saturated carbocycles. The van der Waals surface area contributed by atoms with Gasteiger partial charge in [-0.15, -0.1) is 22.7 Å². The fourth-order valence-electron chi connectivity index (χ4n) is 6.78. The summed E-state index contributed by atoms with van der Waals surface area (Å²) in [5.41, 5.74) is 3.71. The Hall–Kier alpha value is -0.600. The van der Waals surface area contributed by atoms with Crippen molar-refractivity contribution >= 4 is 22.7 Å². The topological polar surface area (TPSA) is 0 Å². The van der Waals surface area contributed by atoms with Gasteiger partial charge >= 0.3 is 0 Å². The molecule has 0 nitrogen and oxygen atoms in total. The SMILES string of the molecule is CCCCCCC(CCCC)CC1(CC(CCCC)CCCCCC)c2ccsc2-c2sccc21. The van der Waals surface area contributed by atoms with Gasteiger partial charge in [-0.1, -0.05) is 130 Å². The van der Waals surface area contributed by atoms with E-state index in [9.17, 15) is 0 Å². The van der Waals surface area contributed by atoms with Gasteiger partial charge in [0.2, 0.25) is 0 Å². The smallest absolute Gasteiger partial charge is 0.0486 e. The van der Waals surface area contributed by atoms with Crippen LogP contribution in [-0.2, 0) is 5.41 Å². The van der Waals surface area contributed by atoms with Crippen LogP contribution in [0.1, 0.15) is 154 Å². The Labute approximate surface area is 226 Å². The highest BCUT2D eigenvalue weighted by atomic mass is 32.1. The minimum atomic E-state index is 0.275. The molecule has 0 aliphatic heterocycles. The average Bonchev–Trinajstić information content (AvgIpc) is 3.58. The first-order valence-corrected chi connectivity index (χ1v) is 17.1. The third-order valence-corrected chi connectivity index (χ3v) is 10.7. The lowest BCUT2D eigenvalue weighted by atomic mass is 9.65. The number of rotatable bonds is 20. The molecule has 2 unspecified atom stereocenters. The van der Waals surface area contributed by atoms with Gasteiger partial charge in [0.25, 0.3) is 0 Å². The molecular weight excluding hydrogens is 460 g/mol. The summed E-state index contributed by atoms with van der Waals surface area (Å²) in [7, 11) is 0. The van der Waals surface area contributed by atoms with Gasteiger partial charge in [-0.3, -0.25) is 0 Å². The quantitative estimate of drug-likeness (QED) is 0.154. The lowest BCUT2D eigenvalue weighted by molar-refractivity contribution is 0.252. The first-order valence-electron chi connectivity index (χ1n) is 15.4. The van der Waals surface area contributed by atoms with Crippen LogP contribution >= 0.6 is 22.7 Å². The molecule has 0 fully saturated rings. The molecule has 0 saturated heterocycles. The third-order valence-electron chi connectivity index (χ3n) is 8.71. The highest BCUT2D eigenvalue weighted by Gasteiger charge is 2.46. The molecule has 1 aliphatic rings. The lowest BCUT2D eigenvalue weighted by Crippen LogP contribution is -2.31. The zero-order valence-corrected chi connectivity index (χ0v) is 25.1. The Balaban J connectivity index is 1.89. The third kappa shape index (κ3) is 7.70. The van der Waals surface area contributed by atoms with Crippen LogP contribution in [0, 0.1) is 11.8 Å². The summed E-state index contributed by atoms with van der Waals surface area (Å²) in [6, 6.07) is 5.07. The molecule has 0 spiro atoms. The van der Waals surface area contributed by atoms with E-state index in [1.165, 1.54) is 116 Å². The Morgan fingerprint density at radius 1 is 0.543 bits per heavy atom. The first kappa shape index (κ1) is 29.0. The largest absolute Gasteiger partial charge is 0.143 e. The maximum atomic E-state index is 2.54. The number of hydrogen-bond acceptors (Lipinski definition) is 2. The van der Waals surface area contributed by atoms with Crippen LogP contribution < -0.4 is 0 Å². The van der Waals surface area contributed by atoms with Crippen molar-refractivity contribution < 1.29 is 0 Å². The summed E-state index contributed by atoms with van der Waals surface area (Å²) in [6.45, 7) is 9.44. The Bertz CT molecular complexity index is 744. The van der Waals surface area contributed by atoms with Gasteiger partial charge in [0.05, 0.1) is 0 Å². The molecule has 2 heterocycles. The van der Waals surface area contributed by atoms with Crippen molar-refractivity contribution in [2.24, 2.45) is 11.8 Å². The van der Waals surface area contributed by atoms with Crippen LogP contribution in [0.5, 0.6) is 0 Å². The van der Waals surface area contributed by atoms with Gasteiger partial charge in [0, 0.05) is 15.2 Å². The molecular formula is C33H54S2. The maximum Gasteiger partial charge on any atom is 0.0486 e. The summed E-state index contributed by atoms with van der Waals surface area (Å²) in [5.74, 6) is 1.75. The second kappa shape index (κ2) is 15.6. The van der Waals surface area contributed by atoms with Crippen molar-refractivity contribution in [2.45, 2.75) is 149 Å². The first-order chi connectivity index (χ1) is 17.2. The summed E-state index contributed by atoms with van der Waals surface area (Å²) in [6.07, 6.45) is 25.2. The van der Waals surface area contributed by atoms with Crippen LogP contribution in [0.15, 0.2) is 22.9 Å². The number of unbranched alkanes of at least 4 members (excludes halogenated alkanes) is 8. The van der Waals surface area contributed by atoms with Crippen molar-refractivity contribution in [3.05, 3.63) is 34.0 Å². The van der Waals surface area contributed by atoms with E-state index in [0.717, 1.165) is 11.8 Å². The van der Waals surface area contributed by atoms with E-state index < -0.39 is 0 Å². The van der Waals surface area contributed by atoms with Crippen LogP contribution in [0.2, 0.25) is 0 Å². The van der Waals surface area contributed by atoms with Crippen LogP contribution in [0.3, 0.4) is 0 Å². The molecule has 0 radical (unpaired) electrons. The number of thiophene rings is 2. The van der Waals surface area contributed by atoms with Crippen molar-refractivity contribution in [2.75, 3.05) is 0 Å². The minimum Gasteiger partial charge on any atom is -0.143 e. The van der Waals surface area contributed by atoms with E-state index in [-0.39, 0.29) is 5.41 Å². The highest BCUT2D eigenvalue weighted by molar-refractivity contribution is 7.21. The average molecular weight is 515 g/mol. The predicted molar refractivity (Wildman–Crippen MR) is 161 cm³/mol. The zero-order chi connectivity index (χ0) is 24.9. The lowest BCUT2D eigenvalue weighted by Gasteiger charge is -2.38. The molecule has 0 aromatic carbocycles. The highest BCUT2D eigenvalue weighted by Crippen LogP contribution is 2.59. The van der Waals surface area contributed by atoms with E-state index in [0.29, 0.717) is 0 Å². The van der Waals surface area contributed by atoms with E-state index in [2.05, 4.69) is 50.6 Å². The summed E-state index contributed by atoms with van der Waals surface area (Å²) in [5, 5.41) is 4.79. The molecule has 2 aromatic rings. The molecule has 0 amide bonds. The standard InChI is InChI=1S/C33H54S2/c1-5-9-13-15-19-27(17-11-7-3)25-33(26-28(18-12-8-4)20-16-14-10-6-2)29-21-23-34-31(29)32-30(33)22-24-35-32/h21-24,27-28H,5-20,25-26H2,1-4H3. The van der Waals surface area contributed by atoms with Crippen LogP contribution in [0.25, 0.3) is 9.75 Å². The molecule has 0 N–H and O–H groups in total. The van der Waals surface area contributed by atoms with E-state index >= 15 is 0 Å². The Kier molecular flexibility index (Phi) is 12.9. The monoisotopic (exact) mass is 514 g/mol. The number of fused-ring (bicyclic) bond motifs is 3. The summed E-state index contributed by atoms with van der Waals surface area (Å²) >= 11 is 4.02. The molecule has 2 aromatic heterocycles. The molecule has 2 heteroatoms. The second-order valence-electron chi connectivity index (χ2n) is 11.5. The van der Waals surface area contributed by atoms with Gasteiger partial charge in [-0.25, -0.2) is 0 Å². The van der Waals surface area contributed by atoms with Crippen molar-refractivity contribution in [1.29, 1.82) is 0 Å². The minimum absolute atomic E-state index is 0.275. The fourth-order valence-corrected chi connectivity index (χ4v) is 8.96. The van der Waals surface area contributed by atoms with E-state index in [1.807, 2.05) is 22.7 Å². The molecule has 2 atom stereocenters. The normalized spacial score (nSPS) is 15.8. The molecule has 0 bridgehead atoms. The molecule has 35 heavy (non-hydrogen) atoms. The number of hydrogen-bond donors (Lipinski definition) is 0. The van der Waals surface area contributed by atoms with Gasteiger partial charge in [-0.05, 0) is 58.7 Å². The van der Waals surface area contributed by atoms with Crippen LogP contribution in [-0.4, -0.2) is 0 Å².